The Bertz CT molecular complexity index is 957. The minimum absolute atomic E-state index is 0.0646. The largest absolute Gasteiger partial charge is 0.444 e. The Balaban J connectivity index is 1.89. The standard InChI is InChI=1S/C24H30N2O3S2/c1-16-12-20(21(14-25)30-16)31-19(17-10-8-7-9-11-17)13-18-15-28-24(5,6)26(18)22(27)29-23(2,3)4/h7-12,18-19H,13,15H2,1-6H3/t18-,19+/m0/s1. The average molecular weight is 459 g/mol. The Kier molecular flexibility index (Phi) is 7.04. The summed E-state index contributed by atoms with van der Waals surface area (Å²) in [5.74, 6) is 0. The molecule has 1 aromatic carbocycles. The van der Waals surface area contributed by atoms with Crippen LogP contribution in [0.3, 0.4) is 0 Å². The van der Waals surface area contributed by atoms with Crippen LogP contribution >= 0.6 is 23.1 Å². The summed E-state index contributed by atoms with van der Waals surface area (Å²) < 4.78 is 11.7. The molecule has 1 amide bonds. The summed E-state index contributed by atoms with van der Waals surface area (Å²) in [5, 5.41) is 9.61. The SMILES string of the molecule is Cc1cc(S[C@H](C[C@H]2COC(C)(C)N2C(=O)OC(C)(C)C)c2ccccc2)c(C#N)s1. The smallest absolute Gasteiger partial charge is 0.412 e. The molecule has 2 heterocycles. The van der Waals surface area contributed by atoms with E-state index in [4.69, 9.17) is 9.47 Å². The van der Waals surface area contributed by atoms with Gasteiger partial charge in [0, 0.05) is 15.0 Å². The van der Waals surface area contributed by atoms with Gasteiger partial charge >= 0.3 is 6.09 Å². The third kappa shape index (κ3) is 5.82. The molecule has 1 aromatic heterocycles. The molecule has 0 radical (unpaired) electrons. The summed E-state index contributed by atoms with van der Waals surface area (Å²) in [6.45, 7) is 11.9. The first-order valence-corrected chi connectivity index (χ1v) is 12.1. The lowest BCUT2D eigenvalue weighted by molar-refractivity contribution is -0.0626. The molecule has 3 rings (SSSR count). The zero-order valence-corrected chi connectivity index (χ0v) is 20.6. The van der Waals surface area contributed by atoms with Crippen molar-refractivity contribution in [1.82, 2.24) is 4.90 Å². The Morgan fingerprint density at radius 1 is 1.39 bits per heavy atom. The molecule has 0 bridgehead atoms. The van der Waals surface area contributed by atoms with Crippen LogP contribution in [0.1, 0.15) is 61.6 Å². The number of thioether (sulfide) groups is 1. The van der Waals surface area contributed by atoms with E-state index in [-0.39, 0.29) is 17.4 Å². The molecule has 0 spiro atoms. The first-order chi connectivity index (χ1) is 14.5. The summed E-state index contributed by atoms with van der Waals surface area (Å²) in [6, 6.07) is 14.5. The Morgan fingerprint density at radius 2 is 2.06 bits per heavy atom. The normalized spacial score (nSPS) is 19.1. The molecule has 166 valence electrons. The fourth-order valence-electron chi connectivity index (χ4n) is 3.71. The number of hydrogen-bond donors (Lipinski definition) is 0. The first-order valence-electron chi connectivity index (χ1n) is 10.4. The second-order valence-electron chi connectivity index (χ2n) is 9.18. The Hall–Kier alpha value is -2.01. The van der Waals surface area contributed by atoms with Gasteiger partial charge in [0.1, 0.15) is 22.3 Å². The monoisotopic (exact) mass is 458 g/mol. The molecule has 7 heteroatoms. The van der Waals surface area contributed by atoms with Gasteiger partial charge in [0.2, 0.25) is 0 Å². The molecule has 0 aliphatic carbocycles. The van der Waals surface area contributed by atoms with Crippen molar-refractivity contribution in [3.05, 3.63) is 51.7 Å². The van der Waals surface area contributed by atoms with Crippen LogP contribution in [0.25, 0.3) is 0 Å². The van der Waals surface area contributed by atoms with Gasteiger partial charge in [0.05, 0.1) is 12.6 Å². The number of amides is 1. The van der Waals surface area contributed by atoms with Crippen LogP contribution in [-0.2, 0) is 9.47 Å². The highest BCUT2D eigenvalue weighted by Gasteiger charge is 2.46. The van der Waals surface area contributed by atoms with Gasteiger partial charge in [-0.3, -0.25) is 4.90 Å². The minimum Gasteiger partial charge on any atom is -0.444 e. The molecule has 0 unspecified atom stereocenters. The fourth-order valence-corrected chi connectivity index (χ4v) is 6.08. The fraction of sp³-hybridized carbons (Fsp3) is 0.500. The lowest BCUT2D eigenvalue weighted by Gasteiger charge is -2.36. The summed E-state index contributed by atoms with van der Waals surface area (Å²) in [7, 11) is 0. The van der Waals surface area contributed by atoms with Crippen LogP contribution in [0.4, 0.5) is 4.79 Å². The van der Waals surface area contributed by atoms with Gasteiger partial charge in [0.25, 0.3) is 0 Å². The number of benzene rings is 1. The van der Waals surface area contributed by atoms with Crippen molar-refractivity contribution < 1.29 is 14.3 Å². The third-order valence-corrected chi connectivity index (χ3v) is 7.42. The molecule has 1 saturated heterocycles. The number of rotatable bonds is 5. The second kappa shape index (κ2) is 9.23. The van der Waals surface area contributed by atoms with E-state index in [0.717, 1.165) is 20.2 Å². The molecule has 0 N–H and O–H groups in total. The zero-order valence-electron chi connectivity index (χ0n) is 19.0. The highest BCUT2D eigenvalue weighted by atomic mass is 32.2. The minimum atomic E-state index is -0.740. The lowest BCUT2D eigenvalue weighted by atomic mass is 10.0. The maximum atomic E-state index is 13.0. The van der Waals surface area contributed by atoms with E-state index in [9.17, 15) is 10.1 Å². The zero-order chi connectivity index (χ0) is 22.8. The number of thiophene rings is 1. The van der Waals surface area contributed by atoms with Crippen molar-refractivity contribution in [2.24, 2.45) is 0 Å². The highest BCUT2D eigenvalue weighted by molar-refractivity contribution is 7.99. The van der Waals surface area contributed by atoms with Crippen LogP contribution in [-0.4, -0.2) is 35.0 Å². The van der Waals surface area contributed by atoms with E-state index >= 15 is 0 Å². The lowest BCUT2D eigenvalue weighted by Crippen LogP contribution is -2.50. The van der Waals surface area contributed by atoms with E-state index in [2.05, 4.69) is 24.3 Å². The molecule has 31 heavy (non-hydrogen) atoms. The van der Waals surface area contributed by atoms with Crippen molar-refractivity contribution in [2.45, 2.75) is 75.5 Å². The highest BCUT2D eigenvalue weighted by Crippen LogP contribution is 2.44. The average Bonchev–Trinajstić information content (AvgIpc) is 3.18. The number of carbonyl (C=O) groups is 1. The number of ether oxygens (including phenoxy) is 2. The maximum absolute atomic E-state index is 13.0. The topological polar surface area (TPSA) is 62.6 Å². The number of carbonyl (C=O) groups excluding carboxylic acids is 1. The van der Waals surface area contributed by atoms with Crippen molar-refractivity contribution in [3.63, 3.8) is 0 Å². The number of hydrogen-bond acceptors (Lipinski definition) is 6. The summed E-state index contributed by atoms with van der Waals surface area (Å²) in [5.41, 5.74) is -0.159. The van der Waals surface area contributed by atoms with Crippen LogP contribution in [0.2, 0.25) is 0 Å². The van der Waals surface area contributed by atoms with Crippen molar-refractivity contribution >= 4 is 29.2 Å². The van der Waals surface area contributed by atoms with Crippen molar-refractivity contribution in [1.29, 1.82) is 5.26 Å². The predicted octanol–water partition coefficient (Wildman–Crippen LogP) is 6.52. The number of nitriles is 1. The van der Waals surface area contributed by atoms with Gasteiger partial charge in [-0.05, 0) is 59.6 Å². The maximum Gasteiger partial charge on any atom is 0.412 e. The second-order valence-corrected chi connectivity index (χ2v) is 11.7. The van der Waals surface area contributed by atoms with Gasteiger partial charge in [-0.2, -0.15) is 5.26 Å². The molecule has 0 saturated carbocycles. The molecule has 1 fully saturated rings. The predicted molar refractivity (Wildman–Crippen MR) is 125 cm³/mol. The van der Waals surface area contributed by atoms with Gasteiger partial charge in [-0.15, -0.1) is 23.1 Å². The molecule has 1 aliphatic heterocycles. The summed E-state index contributed by atoms with van der Waals surface area (Å²) >= 11 is 3.20. The van der Waals surface area contributed by atoms with Crippen LogP contribution in [0.5, 0.6) is 0 Å². The molecule has 2 aromatic rings. The molecule has 5 nitrogen and oxygen atoms in total. The molecule has 1 aliphatic rings. The Labute approximate surface area is 193 Å². The summed E-state index contributed by atoms with van der Waals surface area (Å²) in [4.78, 5) is 17.6. The van der Waals surface area contributed by atoms with E-state index in [1.54, 1.807) is 16.7 Å². The van der Waals surface area contributed by atoms with Gasteiger partial charge in [-0.1, -0.05) is 30.3 Å². The summed E-state index contributed by atoms with van der Waals surface area (Å²) in [6.07, 6.45) is 0.331. The van der Waals surface area contributed by atoms with Crippen LogP contribution in [0, 0.1) is 18.3 Å². The van der Waals surface area contributed by atoms with E-state index in [0.29, 0.717) is 13.0 Å². The molecular weight excluding hydrogens is 428 g/mol. The molecule has 2 atom stereocenters. The molecular formula is C24H30N2O3S2. The first kappa shape index (κ1) is 23.6. The van der Waals surface area contributed by atoms with E-state index < -0.39 is 11.3 Å². The van der Waals surface area contributed by atoms with Gasteiger partial charge in [-0.25, -0.2) is 4.79 Å². The van der Waals surface area contributed by atoms with Gasteiger partial charge < -0.3 is 9.47 Å². The quantitative estimate of drug-likeness (QED) is 0.477. The van der Waals surface area contributed by atoms with Crippen LogP contribution in [0.15, 0.2) is 41.3 Å². The van der Waals surface area contributed by atoms with Crippen molar-refractivity contribution in [2.75, 3.05) is 6.61 Å². The number of nitrogens with zero attached hydrogens (tertiary/aromatic N) is 2. The van der Waals surface area contributed by atoms with E-state index in [1.807, 2.05) is 59.7 Å². The van der Waals surface area contributed by atoms with Crippen molar-refractivity contribution in [3.8, 4) is 6.07 Å². The van der Waals surface area contributed by atoms with E-state index in [1.165, 1.54) is 11.3 Å². The Morgan fingerprint density at radius 3 is 2.68 bits per heavy atom. The van der Waals surface area contributed by atoms with Gasteiger partial charge in [0.15, 0.2) is 0 Å². The third-order valence-electron chi connectivity index (χ3n) is 5.01. The van der Waals surface area contributed by atoms with Crippen LogP contribution < -0.4 is 0 Å². The number of aryl methyl sites for hydroxylation is 1.